The number of esters is 1. The summed E-state index contributed by atoms with van der Waals surface area (Å²) < 4.78 is 17.4. The fourth-order valence-corrected chi connectivity index (χ4v) is 5.09. The maximum atomic E-state index is 12.0. The number of hydrogen-bond donors (Lipinski definition) is 0. The molecule has 1 aromatic rings. The molecule has 1 heterocycles. The predicted molar refractivity (Wildman–Crippen MR) is 118 cm³/mol. The second-order valence-corrected chi connectivity index (χ2v) is 9.57. The van der Waals surface area contributed by atoms with E-state index in [4.69, 9.17) is 14.2 Å². The first-order valence-electron chi connectivity index (χ1n) is 12.3. The van der Waals surface area contributed by atoms with E-state index in [9.17, 15) is 4.79 Å². The van der Waals surface area contributed by atoms with Crippen LogP contribution in [0.1, 0.15) is 75.8 Å². The molecule has 166 valence electrons. The zero-order chi connectivity index (χ0) is 20.8. The number of benzene rings is 1. The molecule has 1 saturated heterocycles. The Hall–Kier alpha value is -1.55. The molecule has 4 nitrogen and oxygen atoms in total. The van der Waals surface area contributed by atoms with Crippen molar-refractivity contribution in [3.8, 4) is 5.75 Å². The van der Waals surface area contributed by atoms with Crippen LogP contribution >= 0.6 is 0 Å². The smallest absolute Gasteiger partial charge is 0.344 e. The molecule has 0 N–H and O–H groups in total. The molecule has 0 aromatic heterocycles. The molecule has 4 heteroatoms. The van der Waals surface area contributed by atoms with Gasteiger partial charge in [-0.2, -0.15) is 0 Å². The number of carbonyl (C=O) groups excluding carboxylic acids is 1. The van der Waals surface area contributed by atoms with Gasteiger partial charge in [-0.1, -0.05) is 57.6 Å². The molecule has 3 atom stereocenters. The third-order valence-electron chi connectivity index (χ3n) is 7.12. The van der Waals surface area contributed by atoms with Crippen molar-refractivity contribution < 1.29 is 19.0 Å². The first kappa shape index (κ1) is 21.7. The maximum Gasteiger partial charge on any atom is 0.344 e. The Balaban J connectivity index is 1.27. The summed E-state index contributed by atoms with van der Waals surface area (Å²) in [6.07, 6.45) is 14.1. The summed E-state index contributed by atoms with van der Waals surface area (Å²) in [5, 5.41) is 0. The Morgan fingerprint density at radius 2 is 1.93 bits per heavy atom. The molecule has 1 aromatic carbocycles. The van der Waals surface area contributed by atoms with Crippen LogP contribution in [0.3, 0.4) is 0 Å². The van der Waals surface area contributed by atoms with E-state index in [0.29, 0.717) is 30.5 Å². The first-order chi connectivity index (χ1) is 14.7. The van der Waals surface area contributed by atoms with Gasteiger partial charge in [-0.05, 0) is 67.1 Å². The molecule has 0 amide bonds. The van der Waals surface area contributed by atoms with Gasteiger partial charge in [-0.15, -0.1) is 0 Å². The van der Waals surface area contributed by atoms with E-state index in [1.807, 2.05) is 6.07 Å². The number of unbranched alkanes of at least 4 members (excludes halogenated alkanes) is 5. The average molecular weight is 415 g/mol. The van der Waals surface area contributed by atoms with Crippen molar-refractivity contribution in [3.05, 3.63) is 29.3 Å². The maximum absolute atomic E-state index is 12.0. The van der Waals surface area contributed by atoms with Crippen molar-refractivity contribution >= 4 is 5.97 Å². The van der Waals surface area contributed by atoms with Gasteiger partial charge in [0.15, 0.2) is 6.61 Å². The van der Waals surface area contributed by atoms with E-state index in [-0.39, 0.29) is 12.6 Å². The van der Waals surface area contributed by atoms with Crippen molar-refractivity contribution in [1.82, 2.24) is 0 Å². The molecular formula is C26H38O4. The van der Waals surface area contributed by atoms with Gasteiger partial charge in [-0.3, -0.25) is 0 Å². The van der Waals surface area contributed by atoms with Crippen LogP contribution in [0, 0.1) is 17.8 Å². The average Bonchev–Trinajstić information content (AvgIpc) is 3.52. The topological polar surface area (TPSA) is 44.8 Å². The largest absolute Gasteiger partial charge is 0.482 e. The lowest BCUT2D eigenvalue weighted by Gasteiger charge is -2.30. The van der Waals surface area contributed by atoms with E-state index < -0.39 is 0 Å². The molecule has 1 saturated carbocycles. The summed E-state index contributed by atoms with van der Waals surface area (Å²) in [6, 6.07) is 6.28. The fraction of sp³-hybridized carbons (Fsp3) is 0.731. The summed E-state index contributed by atoms with van der Waals surface area (Å²) in [4.78, 5) is 12.0. The van der Waals surface area contributed by atoms with Crippen LogP contribution in [0.25, 0.3) is 0 Å². The number of carbonyl (C=O) groups is 1. The molecule has 4 rings (SSSR count). The van der Waals surface area contributed by atoms with Crippen molar-refractivity contribution in [3.63, 3.8) is 0 Å². The molecule has 30 heavy (non-hydrogen) atoms. The van der Waals surface area contributed by atoms with Gasteiger partial charge in [0.05, 0.1) is 19.3 Å². The molecule has 2 fully saturated rings. The van der Waals surface area contributed by atoms with Crippen LogP contribution < -0.4 is 4.74 Å². The number of ether oxygens (including phenoxy) is 3. The zero-order valence-electron chi connectivity index (χ0n) is 18.6. The van der Waals surface area contributed by atoms with E-state index in [0.717, 1.165) is 25.2 Å². The molecule has 0 spiro atoms. The molecule has 2 aliphatic carbocycles. The van der Waals surface area contributed by atoms with Crippen molar-refractivity contribution in [1.29, 1.82) is 0 Å². The highest BCUT2D eigenvalue weighted by Crippen LogP contribution is 2.42. The van der Waals surface area contributed by atoms with Gasteiger partial charge in [0.2, 0.25) is 0 Å². The number of rotatable bonds is 12. The second-order valence-electron chi connectivity index (χ2n) is 9.57. The molecule has 1 aliphatic heterocycles. The van der Waals surface area contributed by atoms with Gasteiger partial charge in [0, 0.05) is 0 Å². The first-order valence-corrected chi connectivity index (χ1v) is 12.3. The lowest BCUT2D eigenvalue weighted by molar-refractivity contribution is -0.146. The third-order valence-corrected chi connectivity index (χ3v) is 7.12. The summed E-state index contributed by atoms with van der Waals surface area (Å²) in [6.45, 7) is 3.69. The molecule has 3 aliphatic rings. The van der Waals surface area contributed by atoms with Gasteiger partial charge in [0.1, 0.15) is 5.75 Å². The quantitative estimate of drug-likeness (QED) is 0.335. The summed E-state index contributed by atoms with van der Waals surface area (Å²) in [5.41, 5.74) is 2.65. The van der Waals surface area contributed by atoms with E-state index in [1.165, 1.54) is 68.9 Å². The van der Waals surface area contributed by atoms with Crippen LogP contribution in [0.5, 0.6) is 5.75 Å². The lowest BCUT2D eigenvalue weighted by atomic mass is 9.74. The zero-order valence-corrected chi connectivity index (χ0v) is 18.6. The predicted octanol–water partition coefficient (Wildman–Crippen LogP) is 5.50. The van der Waals surface area contributed by atoms with E-state index in [1.54, 1.807) is 0 Å². The Bertz CT molecular complexity index is 696. The van der Waals surface area contributed by atoms with Crippen LogP contribution in [0.15, 0.2) is 18.2 Å². The second kappa shape index (κ2) is 10.7. The van der Waals surface area contributed by atoms with E-state index in [2.05, 4.69) is 19.1 Å². The third kappa shape index (κ3) is 5.78. The normalized spacial score (nSPS) is 24.9. The van der Waals surface area contributed by atoms with Crippen molar-refractivity contribution in [2.45, 2.75) is 83.7 Å². The Kier molecular flexibility index (Phi) is 7.70. The molecule has 0 bridgehead atoms. The van der Waals surface area contributed by atoms with Crippen LogP contribution in [0.2, 0.25) is 0 Å². The minimum Gasteiger partial charge on any atom is -0.482 e. The van der Waals surface area contributed by atoms with Crippen molar-refractivity contribution in [2.24, 2.45) is 17.8 Å². The SMILES string of the molecule is CCCCCCCCC1OCC2Cc3c(cccc3OCC(=O)OCC3CC3)CC21. The van der Waals surface area contributed by atoms with Gasteiger partial charge in [-0.25, -0.2) is 4.79 Å². The highest BCUT2D eigenvalue weighted by Gasteiger charge is 2.40. The van der Waals surface area contributed by atoms with Crippen molar-refractivity contribution in [2.75, 3.05) is 19.8 Å². The van der Waals surface area contributed by atoms with Gasteiger partial charge >= 0.3 is 5.97 Å². The summed E-state index contributed by atoms with van der Waals surface area (Å²) >= 11 is 0. The molecule has 0 radical (unpaired) electrons. The molecular weight excluding hydrogens is 376 g/mol. The summed E-state index contributed by atoms with van der Waals surface area (Å²) in [7, 11) is 0. The Morgan fingerprint density at radius 3 is 2.77 bits per heavy atom. The van der Waals surface area contributed by atoms with Crippen LogP contribution in [-0.2, 0) is 27.1 Å². The van der Waals surface area contributed by atoms with Crippen LogP contribution in [-0.4, -0.2) is 31.9 Å². The highest BCUT2D eigenvalue weighted by atomic mass is 16.6. The minimum absolute atomic E-state index is 0.00836. The van der Waals surface area contributed by atoms with Crippen LogP contribution in [0.4, 0.5) is 0 Å². The van der Waals surface area contributed by atoms with E-state index >= 15 is 0 Å². The lowest BCUT2D eigenvalue weighted by Crippen LogP contribution is -2.29. The Labute approximate surface area is 181 Å². The van der Waals surface area contributed by atoms with Gasteiger partial charge in [0.25, 0.3) is 0 Å². The number of hydrogen-bond acceptors (Lipinski definition) is 4. The minimum atomic E-state index is -0.253. The fourth-order valence-electron chi connectivity index (χ4n) is 5.09. The standard InChI is InChI=1S/C26H38O4/c1-2-3-4-5-6-7-10-24-23-14-20-9-8-11-25(22(20)15-21(23)17-28-24)29-18-26(27)30-16-19-12-13-19/h8-9,11,19,21,23-24H,2-7,10,12-18H2,1H3. The summed E-state index contributed by atoms with van der Waals surface area (Å²) in [5.74, 6) is 2.40. The van der Waals surface area contributed by atoms with Gasteiger partial charge < -0.3 is 14.2 Å². The molecule has 3 unspecified atom stereocenters. The number of fused-ring (bicyclic) bond motifs is 2. The monoisotopic (exact) mass is 414 g/mol. The highest BCUT2D eigenvalue weighted by molar-refractivity contribution is 5.71. The Morgan fingerprint density at radius 1 is 1.10 bits per heavy atom.